The molecule has 0 aliphatic carbocycles. The Labute approximate surface area is 156 Å². The highest BCUT2D eigenvalue weighted by Gasteiger charge is 2.20. The van der Waals surface area contributed by atoms with Crippen LogP contribution in [0.25, 0.3) is 10.8 Å². The molecule has 0 atom stereocenters. The standard InChI is InChI=1S/C13H14O6S2.C3H8.C2H4/c1-7-4-11(20(14,15)16)5-10-6-12(21(17,18)19)8(2)9(3)13(7)10;1-3-2;1-2/h4-6H,1-3H3,(H,14,15,16)(H,17,18,19);3H2,1-2H3;1-2H2. The zero-order valence-electron chi connectivity index (χ0n) is 15.7. The third-order valence-electron chi connectivity index (χ3n) is 3.51. The molecule has 0 aromatic heterocycles. The summed E-state index contributed by atoms with van der Waals surface area (Å²) in [4.78, 5) is -0.601. The fraction of sp³-hybridized carbons (Fsp3) is 0.333. The molecule has 0 saturated heterocycles. The first-order valence-corrected chi connectivity index (χ1v) is 10.7. The molecule has 2 aromatic rings. The predicted octanol–water partition coefficient (Wildman–Crippen LogP) is 4.48. The van der Waals surface area contributed by atoms with Crippen LogP contribution in [-0.4, -0.2) is 25.9 Å². The molecule has 0 aliphatic heterocycles. The molecule has 146 valence electrons. The summed E-state index contributed by atoms with van der Waals surface area (Å²) in [6, 6.07) is 3.70. The van der Waals surface area contributed by atoms with E-state index in [0.717, 1.165) is 0 Å². The van der Waals surface area contributed by atoms with Crippen LogP contribution in [0, 0.1) is 20.8 Å². The molecule has 0 unspecified atom stereocenters. The van der Waals surface area contributed by atoms with Crippen molar-refractivity contribution in [3.8, 4) is 0 Å². The van der Waals surface area contributed by atoms with E-state index in [0.29, 0.717) is 27.5 Å². The second-order valence-electron chi connectivity index (χ2n) is 5.62. The molecule has 0 heterocycles. The number of benzene rings is 2. The first-order chi connectivity index (χ1) is 11.8. The second-order valence-corrected chi connectivity index (χ2v) is 8.43. The summed E-state index contributed by atoms with van der Waals surface area (Å²) < 4.78 is 63.7. The molecule has 0 amide bonds. The van der Waals surface area contributed by atoms with Crippen LogP contribution in [0.1, 0.15) is 37.0 Å². The van der Waals surface area contributed by atoms with E-state index in [9.17, 15) is 21.4 Å². The van der Waals surface area contributed by atoms with Crippen molar-refractivity contribution < 1.29 is 25.9 Å². The topological polar surface area (TPSA) is 109 Å². The minimum Gasteiger partial charge on any atom is -0.282 e. The molecule has 0 fully saturated rings. The Morgan fingerprint density at radius 2 is 1.31 bits per heavy atom. The van der Waals surface area contributed by atoms with Crippen LogP contribution in [0.5, 0.6) is 0 Å². The Morgan fingerprint density at radius 1 is 0.846 bits per heavy atom. The molecular weight excluding hydrogens is 376 g/mol. The summed E-state index contributed by atoms with van der Waals surface area (Å²) in [5, 5.41) is 1.01. The first-order valence-electron chi connectivity index (χ1n) is 7.84. The second kappa shape index (κ2) is 9.27. The lowest BCUT2D eigenvalue weighted by molar-refractivity contribution is 0.481. The van der Waals surface area contributed by atoms with Crippen molar-refractivity contribution in [1.29, 1.82) is 0 Å². The number of aryl methyl sites for hydroxylation is 2. The predicted molar refractivity (Wildman–Crippen MR) is 105 cm³/mol. The molecule has 26 heavy (non-hydrogen) atoms. The van der Waals surface area contributed by atoms with Gasteiger partial charge in [-0.3, -0.25) is 9.11 Å². The molecule has 0 radical (unpaired) electrons. The smallest absolute Gasteiger partial charge is 0.282 e. The van der Waals surface area contributed by atoms with Crippen molar-refractivity contribution in [3.05, 3.63) is 48.0 Å². The maximum Gasteiger partial charge on any atom is 0.294 e. The van der Waals surface area contributed by atoms with Crippen LogP contribution >= 0.6 is 0 Å². The SMILES string of the molecule is C=C.CCC.Cc1c(S(=O)(=O)O)cc2cc(S(=O)(=O)O)cc(C)c2c1C. The lowest BCUT2D eigenvalue weighted by atomic mass is 9.97. The highest BCUT2D eigenvalue weighted by atomic mass is 32.2. The molecule has 2 N–H and O–H groups in total. The van der Waals surface area contributed by atoms with Gasteiger partial charge in [0.05, 0.1) is 9.79 Å². The minimum absolute atomic E-state index is 0.278. The average molecular weight is 403 g/mol. The van der Waals surface area contributed by atoms with Gasteiger partial charge >= 0.3 is 0 Å². The number of rotatable bonds is 2. The van der Waals surface area contributed by atoms with Crippen LogP contribution in [0.2, 0.25) is 0 Å². The van der Waals surface area contributed by atoms with E-state index in [1.165, 1.54) is 24.6 Å². The van der Waals surface area contributed by atoms with Crippen LogP contribution < -0.4 is 0 Å². The number of hydrogen-bond donors (Lipinski definition) is 2. The molecule has 0 spiro atoms. The zero-order chi connectivity index (χ0) is 20.9. The van der Waals surface area contributed by atoms with E-state index < -0.39 is 20.2 Å². The Kier molecular flexibility index (Phi) is 8.65. The van der Waals surface area contributed by atoms with E-state index in [1.54, 1.807) is 20.8 Å². The van der Waals surface area contributed by atoms with E-state index in [-0.39, 0.29) is 9.79 Å². The lowest BCUT2D eigenvalue weighted by Crippen LogP contribution is -2.05. The van der Waals surface area contributed by atoms with Gasteiger partial charge in [0.15, 0.2) is 0 Å². The first kappa shape index (κ1) is 24.3. The summed E-state index contributed by atoms with van der Waals surface area (Å²) in [5.41, 5.74) is 1.61. The number of fused-ring (bicyclic) bond motifs is 1. The summed E-state index contributed by atoms with van der Waals surface area (Å²) in [5.74, 6) is 0. The monoisotopic (exact) mass is 402 g/mol. The van der Waals surface area contributed by atoms with Crippen molar-refractivity contribution in [3.63, 3.8) is 0 Å². The van der Waals surface area contributed by atoms with Crippen LogP contribution in [0.15, 0.2) is 41.1 Å². The largest absolute Gasteiger partial charge is 0.294 e. The van der Waals surface area contributed by atoms with Gasteiger partial charge in [-0.1, -0.05) is 20.3 Å². The highest BCUT2D eigenvalue weighted by molar-refractivity contribution is 7.86. The Balaban J connectivity index is 0.00000113. The van der Waals surface area contributed by atoms with Crippen LogP contribution in [0.4, 0.5) is 0 Å². The zero-order valence-corrected chi connectivity index (χ0v) is 17.3. The third-order valence-corrected chi connectivity index (χ3v) is 5.32. The fourth-order valence-corrected chi connectivity index (χ4v) is 3.86. The van der Waals surface area contributed by atoms with E-state index in [2.05, 4.69) is 27.0 Å². The molecule has 6 nitrogen and oxygen atoms in total. The molecule has 0 aliphatic rings. The number of hydrogen-bond acceptors (Lipinski definition) is 4. The molecule has 0 saturated carbocycles. The molecule has 2 rings (SSSR count). The summed E-state index contributed by atoms with van der Waals surface area (Å²) in [6.45, 7) is 15.2. The van der Waals surface area contributed by atoms with Crippen LogP contribution in [0.3, 0.4) is 0 Å². The van der Waals surface area contributed by atoms with E-state index in [1.807, 2.05) is 0 Å². The highest BCUT2D eigenvalue weighted by Crippen LogP contribution is 2.32. The Hall–Kier alpha value is -1.74. The Bertz CT molecular complexity index is 990. The van der Waals surface area contributed by atoms with Gasteiger partial charge in [0.2, 0.25) is 0 Å². The summed E-state index contributed by atoms with van der Waals surface area (Å²) in [7, 11) is -8.82. The van der Waals surface area contributed by atoms with E-state index >= 15 is 0 Å². The summed E-state index contributed by atoms with van der Waals surface area (Å²) in [6.07, 6.45) is 1.25. The third kappa shape index (κ3) is 5.63. The maximum absolute atomic E-state index is 11.4. The Morgan fingerprint density at radius 3 is 1.69 bits per heavy atom. The minimum atomic E-state index is -4.42. The van der Waals surface area contributed by atoms with Gasteiger partial charge in [-0.2, -0.15) is 16.8 Å². The van der Waals surface area contributed by atoms with Crippen LogP contribution in [-0.2, 0) is 20.2 Å². The van der Waals surface area contributed by atoms with Gasteiger partial charge in [0, 0.05) is 0 Å². The van der Waals surface area contributed by atoms with Crippen molar-refractivity contribution in [1.82, 2.24) is 0 Å². The maximum atomic E-state index is 11.4. The van der Waals surface area contributed by atoms with Gasteiger partial charge in [0.1, 0.15) is 0 Å². The average Bonchev–Trinajstić information content (AvgIpc) is 2.51. The van der Waals surface area contributed by atoms with Gasteiger partial charge in [-0.15, -0.1) is 13.2 Å². The molecule has 2 aromatic carbocycles. The van der Waals surface area contributed by atoms with Crippen molar-refractivity contribution in [2.45, 2.75) is 50.8 Å². The van der Waals surface area contributed by atoms with E-state index in [4.69, 9.17) is 4.55 Å². The molecule has 0 bridgehead atoms. The van der Waals surface area contributed by atoms with Gasteiger partial charge < -0.3 is 0 Å². The quantitative estimate of drug-likeness (QED) is 0.566. The van der Waals surface area contributed by atoms with Crippen molar-refractivity contribution in [2.75, 3.05) is 0 Å². The normalized spacial score (nSPS) is 11.2. The fourth-order valence-electron chi connectivity index (χ4n) is 2.45. The lowest BCUT2D eigenvalue weighted by Gasteiger charge is -2.13. The van der Waals surface area contributed by atoms with Crippen molar-refractivity contribution >= 4 is 31.0 Å². The van der Waals surface area contributed by atoms with Crippen molar-refractivity contribution in [2.24, 2.45) is 0 Å². The van der Waals surface area contributed by atoms with Gasteiger partial charge in [0.25, 0.3) is 20.2 Å². The van der Waals surface area contributed by atoms with Gasteiger partial charge in [-0.25, -0.2) is 0 Å². The molecular formula is C18H26O6S2. The van der Waals surface area contributed by atoms with Gasteiger partial charge in [-0.05, 0) is 66.4 Å². The summed E-state index contributed by atoms with van der Waals surface area (Å²) >= 11 is 0. The molecule has 8 heteroatoms.